The highest BCUT2D eigenvalue weighted by molar-refractivity contribution is 6.01. The molecule has 0 aliphatic heterocycles. The zero-order valence-corrected chi connectivity index (χ0v) is 10.5. The van der Waals surface area contributed by atoms with Crippen molar-refractivity contribution in [2.75, 3.05) is 11.1 Å². The molecule has 0 saturated heterocycles. The third kappa shape index (κ3) is 3.55. The zero-order chi connectivity index (χ0) is 14.5. The Kier molecular flexibility index (Phi) is 3.94. The average molecular weight is 275 g/mol. The molecule has 20 heavy (non-hydrogen) atoms. The predicted octanol–water partition coefficient (Wildman–Crippen LogP) is 0.656. The van der Waals surface area contributed by atoms with Crippen molar-refractivity contribution in [1.82, 2.24) is 15.2 Å². The van der Waals surface area contributed by atoms with Gasteiger partial charge >= 0.3 is 5.97 Å². The lowest BCUT2D eigenvalue weighted by Crippen LogP contribution is -2.13. The second-order valence-electron chi connectivity index (χ2n) is 4.09. The Bertz CT molecular complexity index is 620. The smallest absolute Gasteiger partial charge is 0.303 e. The number of carboxylic acid groups (broad SMARTS) is 1. The van der Waals surface area contributed by atoms with E-state index in [4.69, 9.17) is 10.8 Å². The van der Waals surface area contributed by atoms with Crippen LogP contribution in [0.4, 0.5) is 11.6 Å². The third-order valence-electron chi connectivity index (χ3n) is 2.56. The normalized spacial score (nSPS) is 10.2. The number of amides is 1. The van der Waals surface area contributed by atoms with Gasteiger partial charge in [-0.15, -0.1) is 5.10 Å². The Morgan fingerprint density at radius 1 is 1.30 bits per heavy atom. The van der Waals surface area contributed by atoms with Crippen molar-refractivity contribution in [3.05, 3.63) is 35.7 Å². The quantitative estimate of drug-likeness (QED) is 0.633. The number of hydrogen-bond acceptors (Lipinski definition) is 5. The number of hydrogen-bond donors (Lipinski definition) is 4. The first-order valence-electron chi connectivity index (χ1n) is 5.84. The van der Waals surface area contributed by atoms with Gasteiger partial charge < -0.3 is 16.2 Å². The highest BCUT2D eigenvalue weighted by atomic mass is 16.4. The van der Waals surface area contributed by atoms with Crippen molar-refractivity contribution in [3.8, 4) is 0 Å². The van der Waals surface area contributed by atoms with Gasteiger partial charge in [-0.1, -0.05) is 12.1 Å². The van der Waals surface area contributed by atoms with Crippen molar-refractivity contribution in [2.45, 2.75) is 12.8 Å². The number of nitrogen functional groups attached to an aromatic ring is 1. The number of aromatic amines is 1. The van der Waals surface area contributed by atoms with Crippen LogP contribution in [0.25, 0.3) is 0 Å². The van der Waals surface area contributed by atoms with E-state index in [2.05, 4.69) is 20.5 Å². The fourth-order valence-corrected chi connectivity index (χ4v) is 1.57. The molecule has 1 amide bonds. The van der Waals surface area contributed by atoms with Crippen molar-refractivity contribution in [1.29, 1.82) is 0 Å². The summed E-state index contributed by atoms with van der Waals surface area (Å²) >= 11 is 0. The summed E-state index contributed by atoms with van der Waals surface area (Å²) in [7, 11) is 0. The highest BCUT2D eigenvalue weighted by Gasteiger charge is 2.10. The van der Waals surface area contributed by atoms with Gasteiger partial charge in [0.25, 0.3) is 5.91 Å². The minimum atomic E-state index is -0.842. The Morgan fingerprint density at radius 2 is 2.00 bits per heavy atom. The van der Waals surface area contributed by atoms with E-state index in [1.54, 1.807) is 24.3 Å². The SMILES string of the molecule is Nc1n[nH]c(C(=O)Nc2ccc(CCC(=O)O)cc2)n1. The summed E-state index contributed by atoms with van der Waals surface area (Å²) in [5.74, 6) is -1.27. The molecular formula is C12H13N5O3. The Hall–Kier alpha value is -2.90. The number of carbonyl (C=O) groups is 2. The fraction of sp³-hybridized carbons (Fsp3) is 0.167. The summed E-state index contributed by atoms with van der Waals surface area (Å²) in [6.07, 6.45) is 0.519. The first-order chi connectivity index (χ1) is 9.54. The number of nitrogens with two attached hydrogens (primary N) is 1. The second-order valence-corrected chi connectivity index (χ2v) is 4.09. The van der Waals surface area contributed by atoms with Crippen LogP contribution in [0.2, 0.25) is 0 Å². The van der Waals surface area contributed by atoms with Crippen molar-refractivity contribution < 1.29 is 14.7 Å². The van der Waals surface area contributed by atoms with E-state index in [1.165, 1.54) is 0 Å². The minimum absolute atomic E-state index is 0.000770. The van der Waals surface area contributed by atoms with Crippen LogP contribution in [0.15, 0.2) is 24.3 Å². The summed E-state index contributed by atoms with van der Waals surface area (Å²) in [4.78, 5) is 25.9. The number of aryl methyl sites for hydroxylation is 1. The number of anilines is 2. The lowest BCUT2D eigenvalue weighted by molar-refractivity contribution is -0.136. The second kappa shape index (κ2) is 5.83. The number of nitrogens with zero attached hydrogens (tertiary/aromatic N) is 2. The number of carbonyl (C=O) groups excluding carboxylic acids is 1. The van der Waals surface area contributed by atoms with E-state index < -0.39 is 11.9 Å². The lowest BCUT2D eigenvalue weighted by atomic mass is 10.1. The van der Waals surface area contributed by atoms with E-state index in [1.807, 2.05) is 0 Å². The maximum atomic E-state index is 11.7. The highest BCUT2D eigenvalue weighted by Crippen LogP contribution is 2.12. The molecule has 0 radical (unpaired) electrons. The summed E-state index contributed by atoms with van der Waals surface area (Å²) < 4.78 is 0. The van der Waals surface area contributed by atoms with E-state index in [9.17, 15) is 9.59 Å². The molecule has 8 heteroatoms. The summed E-state index contributed by atoms with van der Waals surface area (Å²) in [5, 5.41) is 17.2. The van der Waals surface area contributed by atoms with Crippen LogP contribution in [0.3, 0.4) is 0 Å². The number of rotatable bonds is 5. The monoisotopic (exact) mass is 275 g/mol. The third-order valence-corrected chi connectivity index (χ3v) is 2.56. The lowest BCUT2D eigenvalue weighted by Gasteiger charge is -2.04. The van der Waals surface area contributed by atoms with E-state index >= 15 is 0 Å². The molecule has 0 aliphatic carbocycles. The van der Waals surface area contributed by atoms with Gasteiger partial charge in [0, 0.05) is 12.1 Å². The van der Waals surface area contributed by atoms with Gasteiger partial charge in [0.1, 0.15) is 0 Å². The molecular weight excluding hydrogens is 262 g/mol. The molecule has 1 aromatic carbocycles. The number of benzene rings is 1. The molecule has 0 atom stereocenters. The molecule has 0 unspecified atom stereocenters. The predicted molar refractivity (Wildman–Crippen MR) is 71.1 cm³/mol. The molecule has 1 aromatic heterocycles. The Labute approximate surface area is 114 Å². The minimum Gasteiger partial charge on any atom is -0.481 e. The molecule has 2 aromatic rings. The van der Waals surface area contributed by atoms with Crippen LogP contribution in [0.1, 0.15) is 22.6 Å². The van der Waals surface area contributed by atoms with Crippen LogP contribution in [0, 0.1) is 0 Å². The largest absolute Gasteiger partial charge is 0.481 e. The Balaban J connectivity index is 1.96. The van der Waals surface area contributed by atoms with Crippen molar-refractivity contribution in [3.63, 3.8) is 0 Å². The maximum absolute atomic E-state index is 11.7. The first kappa shape index (κ1) is 13.5. The molecule has 0 saturated carbocycles. The van der Waals surface area contributed by atoms with Gasteiger partial charge in [-0.2, -0.15) is 4.98 Å². The van der Waals surface area contributed by atoms with Crippen LogP contribution in [0.5, 0.6) is 0 Å². The fourth-order valence-electron chi connectivity index (χ4n) is 1.57. The number of aliphatic carboxylic acids is 1. The number of carboxylic acids is 1. The summed E-state index contributed by atoms with van der Waals surface area (Å²) in [5.41, 5.74) is 6.76. The standard InChI is InChI=1S/C12H13N5O3/c13-12-15-10(16-17-12)11(20)14-8-4-1-7(2-5-8)3-6-9(18)19/h1-2,4-5H,3,6H2,(H,14,20)(H,18,19)(H3,13,15,16,17). The number of H-pyrrole nitrogens is 1. The zero-order valence-electron chi connectivity index (χ0n) is 10.5. The van der Waals surface area contributed by atoms with Crippen molar-refractivity contribution >= 4 is 23.5 Å². The average Bonchev–Trinajstić information content (AvgIpc) is 2.85. The van der Waals surface area contributed by atoms with Gasteiger partial charge in [0.05, 0.1) is 0 Å². The van der Waals surface area contributed by atoms with E-state index in [-0.39, 0.29) is 18.2 Å². The molecule has 0 aliphatic rings. The maximum Gasteiger partial charge on any atom is 0.303 e. The molecule has 104 valence electrons. The van der Waals surface area contributed by atoms with E-state index in [0.29, 0.717) is 12.1 Å². The number of nitrogens with one attached hydrogen (secondary N) is 2. The van der Waals surface area contributed by atoms with Crippen LogP contribution < -0.4 is 11.1 Å². The molecule has 1 heterocycles. The summed E-state index contributed by atoms with van der Waals surface area (Å²) in [6.45, 7) is 0. The first-order valence-corrected chi connectivity index (χ1v) is 5.84. The van der Waals surface area contributed by atoms with Gasteiger partial charge in [0.15, 0.2) is 0 Å². The Morgan fingerprint density at radius 3 is 2.55 bits per heavy atom. The van der Waals surface area contributed by atoms with Crippen molar-refractivity contribution in [2.24, 2.45) is 0 Å². The van der Waals surface area contributed by atoms with Gasteiger partial charge in [-0.3, -0.25) is 14.7 Å². The molecule has 0 fully saturated rings. The molecule has 8 nitrogen and oxygen atoms in total. The van der Waals surface area contributed by atoms with Crippen LogP contribution in [-0.2, 0) is 11.2 Å². The van der Waals surface area contributed by atoms with Crippen LogP contribution >= 0.6 is 0 Å². The van der Waals surface area contributed by atoms with Gasteiger partial charge in [0.2, 0.25) is 11.8 Å². The topological polar surface area (TPSA) is 134 Å². The van der Waals surface area contributed by atoms with Crippen LogP contribution in [-0.4, -0.2) is 32.2 Å². The molecule has 0 bridgehead atoms. The van der Waals surface area contributed by atoms with Gasteiger partial charge in [-0.05, 0) is 24.1 Å². The summed E-state index contributed by atoms with van der Waals surface area (Å²) in [6, 6.07) is 6.89. The van der Waals surface area contributed by atoms with E-state index in [0.717, 1.165) is 5.56 Å². The van der Waals surface area contributed by atoms with Gasteiger partial charge in [-0.25, -0.2) is 0 Å². The number of aromatic nitrogens is 3. The molecule has 2 rings (SSSR count). The molecule has 0 spiro atoms. The molecule has 5 N–H and O–H groups in total.